The van der Waals surface area contributed by atoms with Gasteiger partial charge in [-0.15, -0.1) is 0 Å². The van der Waals surface area contributed by atoms with Crippen molar-refractivity contribution in [3.05, 3.63) is 24.0 Å². The first-order valence-electron chi connectivity index (χ1n) is 9.68. The van der Waals surface area contributed by atoms with Crippen LogP contribution in [0.1, 0.15) is 68.6 Å². The second-order valence-electron chi connectivity index (χ2n) is 7.55. The highest BCUT2D eigenvalue weighted by molar-refractivity contribution is 6.04. The van der Waals surface area contributed by atoms with E-state index in [4.69, 9.17) is 4.74 Å². The number of esters is 1. The van der Waals surface area contributed by atoms with Gasteiger partial charge in [0.1, 0.15) is 17.3 Å². The number of H-pyrrole nitrogens is 1. The molecule has 2 saturated carbocycles. The van der Waals surface area contributed by atoms with Gasteiger partial charge < -0.3 is 15.0 Å². The minimum atomic E-state index is -0.249. The molecule has 0 saturated heterocycles. The number of anilines is 1. The molecule has 5 heteroatoms. The van der Waals surface area contributed by atoms with E-state index in [9.17, 15) is 4.79 Å². The van der Waals surface area contributed by atoms with Crippen LogP contribution in [0, 0.1) is 5.92 Å². The molecule has 0 unspecified atom stereocenters. The lowest BCUT2D eigenvalue weighted by atomic mass is 9.83. The molecule has 2 aromatic heterocycles. The van der Waals surface area contributed by atoms with Gasteiger partial charge >= 0.3 is 5.97 Å². The van der Waals surface area contributed by atoms with E-state index in [1.807, 2.05) is 12.3 Å². The van der Waals surface area contributed by atoms with E-state index in [1.54, 1.807) is 6.20 Å². The molecule has 2 heterocycles. The zero-order chi connectivity index (χ0) is 17.2. The molecule has 0 amide bonds. The van der Waals surface area contributed by atoms with Crippen LogP contribution < -0.4 is 5.32 Å². The van der Waals surface area contributed by atoms with Gasteiger partial charge in [0.2, 0.25) is 0 Å². The molecule has 0 radical (unpaired) electrons. The monoisotopic (exact) mass is 341 g/mol. The number of carbonyl (C=O) groups excluding carboxylic acids is 1. The van der Waals surface area contributed by atoms with Crippen molar-refractivity contribution in [3.63, 3.8) is 0 Å². The van der Waals surface area contributed by atoms with Crippen LogP contribution in [-0.4, -0.2) is 28.1 Å². The topological polar surface area (TPSA) is 67.0 Å². The molecule has 2 N–H and O–H groups in total. The summed E-state index contributed by atoms with van der Waals surface area (Å²) >= 11 is 0. The predicted molar refractivity (Wildman–Crippen MR) is 98.8 cm³/mol. The maximum Gasteiger partial charge on any atom is 0.342 e. The lowest BCUT2D eigenvalue weighted by Crippen LogP contribution is -2.28. The third-order valence-corrected chi connectivity index (χ3v) is 5.43. The molecule has 0 bridgehead atoms. The second kappa shape index (κ2) is 7.06. The average molecular weight is 341 g/mol. The van der Waals surface area contributed by atoms with Gasteiger partial charge in [-0.3, -0.25) is 0 Å². The highest BCUT2D eigenvalue weighted by Crippen LogP contribution is 2.34. The first-order chi connectivity index (χ1) is 12.2. The van der Waals surface area contributed by atoms with Gasteiger partial charge in [0.05, 0.1) is 5.69 Å². The Morgan fingerprint density at radius 2 is 2.24 bits per heavy atom. The van der Waals surface area contributed by atoms with E-state index in [0.717, 1.165) is 41.9 Å². The number of nitrogens with zero attached hydrogens (tertiary/aromatic N) is 1. The Morgan fingerprint density at radius 1 is 1.36 bits per heavy atom. The summed E-state index contributed by atoms with van der Waals surface area (Å²) in [5.74, 6) is 0.545. The Labute approximate surface area is 148 Å². The van der Waals surface area contributed by atoms with Gasteiger partial charge in [-0.05, 0) is 37.7 Å². The summed E-state index contributed by atoms with van der Waals surface area (Å²) in [6, 6.07) is 2.41. The van der Waals surface area contributed by atoms with Crippen molar-refractivity contribution >= 4 is 22.7 Å². The van der Waals surface area contributed by atoms with E-state index >= 15 is 0 Å². The van der Waals surface area contributed by atoms with Gasteiger partial charge in [-0.2, -0.15) is 0 Å². The molecule has 2 aromatic rings. The van der Waals surface area contributed by atoms with Crippen molar-refractivity contribution in [2.75, 3.05) is 5.32 Å². The van der Waals surface area contributed by atoms with E-state index in [-0.39, 0.29) is 12.1 Å². The van der Waals surface area contributed by atoms with E-state index < -0.39 is 0 Å². The van der Waals surface area contributed by atoms with Crippen LogP contribution in [-0.2, 0) is 4.74 Å². The molecule has 0 spiro atoms. The lowest BCUT2D eigenvalue weighted by molar-refractivity contribution is 0.0473. The predicted octanol–water partition coefficient (Wildman–Crippen LogP) is 4.65. The van der Waals surface area contributed by atoms with Crippen LogP contribution >= 0.6 is 0 Å². The van der Waals surface area contributed by atoms with E-state index in [2.05, 4.69) is 22.2 Å². The Hall–Kier alpha value is -2.04. The molecule has 2 atom stereocenters. The number of nitrogens with one attached hydrogen (secondary N) is 2. The van der Waals surface area contributed by atoms with Crippen molar-refractivity contribution in [1.82, 2.24) is 9.97 Å². The molecular weight excluding hydrogens is 314 g/mol. The molecule has 134 valence electrons. The minimum absolute atomic E-state index is 0.103. The Balaban J connectivity index is 1.59. The summed E-state index contributed by atoms with van der Waals surface area (Å²) in [5.41, 5.74) is 2.27. The number of fused-ring (bicyclic) bond motifs is 1. The van der Waals surface area contributed by atoms with Crippen LogP contribution in [0.25, 0.3) is 11.0 Å². The van der Waals surface area contributed by atoms with Gasteiger partial charge in [0, 0.05) is 23.8 Å². The summed E-state index contributed by atoms with van der Waals surface area (Å²) in [4.78, 5) is 20.1. The Kier molecular flexibility index (Phi) is 4.64. The van der Waals surface area contributed by atoms with Crippen LogP contribution in [0.3, 0.4) is 0 Å². The van der Waals surface area contributed by atoms with E-state index in [0.29, 0.717) is 11.6 Å². The number of hydrogen-bond acceptors (Lipinski definition) is 4. The maximum absolute atomic E-state index is 12.6. The van der Waals surface area contributed by atoms with Crippen LogP contribution in [0.15, 0.2) is 18.5 Å². The summed E-state index contributed by atoms with van der Waals surface area (Å²) < 4.78 is 5.53. The fourth-order valence-electron chi connectivity index (χ4n) is 4.02. The van der Waals surface area contributed by atoms with Crippen molar-refractivity contribution < 1.29 is 9.53 Å². The molecule has 0 aliphatic heterocycles. The fourth-order valence-corrected chi connectivity index (χ4v) is 4.02. The standard InChI is InChI=1S/C20H27N3O2/c1-2-4-13-5-3-6-14(11-13)23-18-16-9-10-21-19(16)22-12-17(18)20(24)25-15-7-8-15/h9-10,12-15H,2-8,11H2,1H3,(H2,21,22,23)/t13-,14+/m0/s1. The summed E-state index contributed by atoms with van der Waals surface area (Å²) in [6.45, 7) is 2.26. The van der Waals surface area contributed by atoms with Gasteiger partial charge in [0.25, 0.3) is 0 Å². The number of ether oxygens (including phenoxy) is 1. The average Bonchev–Trinajstić information content (AvgIpc) is 3.28. The third kappa shape index (κ3) is 3.65. The smallest absolute Gasteiger partial charge is 0.342 e. The molecular formula is C20H27N3O2. The van der Waals surface area contributed by atoms with Crippen molar-refractivity contribution in [2.45, 2.75) is 70.4 Å². The molecule has 5 nitrogen and oxygen atoms in total. The number of pyridine rings is 1. The first-order valence-corrected chi connectivity index (χ1v) is 9.68. The highest BCUT2D eigenvalue weighted by atomic mass is 16.5. The van der Waals surface area contributed by atoms with Crippen LogP contribution in [0.2, 0.25) is 0 Å². The van der Waals surface area contributed by atoms with Crippen LogP contribution in [0.4, 0.5) is 5.69 Å². The van der Waals surface area contributed by atoms with Crippen molar-refractivity contribution in [3.8, 4) is 0 Å². The number of rotatable bonds is 6. The fraction of sp³-hybridized carbons (Fsp3) is 0.600. The molecule has 2 fully saturated rings. The minimum Gasteiger partial charge on any atom is -0.459 e. The molecule has 2 aliphatic carbocycles. The third-order valence-electron chi connectivity index (χ3n) is 5.43. The summed E-state index contributed by atoms with van der Waals surface area (Å²) in [5, 5.41) is 4.66. The zero-order valence-electron chi connectivity index (χ0n) is 14.9. The highest BCUT2D eigenvalue weighted by Gasteiger charge is 2.29. The quantitative estimate of drug-likeness (QED) is 0.750. The van der Waals surface area contributed by atoms with Gasteiger partial charge in [-0.25, -0.2) is 9.78 Å². The first kappa shape index (κ1) is 16.4. The lowest BCUT2D eigenvalue weighted by Gasteiger charge is -2.31. The Bertz CT molecular complexity index is 748. The largest absolute Gasteiger partial charge is 0.459 e. The molecule has 2 aliphatic rings. The zero-order valence-corrected chi connectivity index (χ0v) is 14.9. The number of carbonyl (C=O) groups is 1. The molecule has 4 rings (SSSR count). The van der Waals surface area contributed by atoms with Gasteiger partial charge in [-0.1, -0.05) is 32.6 Å². The normalized spacial score (nSPS) is 23.6. The molecule has 25 heavy (non-hydrogen) atoms. The van der Waals surface area contributed by atoms with Crippen molar-refractivity contribution in [2.24, 2.45) is 5.92 Å². The number of aromatic nitrogens is 2. The van der Waals surface area contributed by atoms with Crippen molar-refractivity contribution in [1.29, 1.82) is 0 Å². The SMILES string of the molecule is CCC[C@H]1CCC[C@@H](Nc2c(C(=O)OC3CC3)cnc3[nH]ccc23)C1. The van der Waals surface area contributed by atoms with Crippen LogP contribution in [0.5, 0.6) is 0 Å². The summed E-state index contributed by atoms with van der Waals surface area (Å²) in [7, 11) is 0. The second-order valence-corrected chi connectivity index (χ2v) is 7.55. The van der Waals surface area contributed by atoms with Gasteiger partial charge in [0.15, 0.2) is 0 Å². The molecule has 0 aromatic carbocycles. The number of aromatic amines is 1. The Morgan fingerprint density at radius 3 is 3.04 bits per heavy atom. The summed E-state index contributed by atoms with van der Waals surface area (Å²) in [6.07, 6.45) is 13.1. The maximum atomic E-state index is 12.6. The number of hydrogen-bond donors (Lipinski definition) is 2. The van der Waals surface area contributed by atoms with E-state index in [1.165, 1.54) is 32.1 Å².